The summed E-state index contributed by atoms with van der Waals surface area (Å²) in [5, 5.41) is 17.2. The molecule has 3 aliphatic rings. The maximum absolute atomic E-state index is 13.6. The number of aliphatic hydroxyl groups excluding tert-OH is 1. The number of benzene rings is 1. The highest BCUT2D eigenvalue weighted by molar-refractivity contribution is 5.99. The van der Waals surface area contributed by atoms with Gasteiger partial charge >= 0.3 is 5.97 Å². The number of carbonyl (C=O) groups is 4. The number of aliphatic hydroxyl groups is 1. The average molecular weight is 505 g/mol. The Bertz CT molecular complexity index is 1290. The summed E-state index contributed by atoms with van der Waals surface area (Å²) in [5.41, 5.74) is 0.644. The highest BCUT2D eigenvalue weighted by atomic mass is 16.6. The first kappa shape index (κ1) is 24.6. The first-order chi connectivity index (χ1) is 17.9. The van der Waals surface area contributed by atoms with Gasteiger partial charge in [-0.1, -0.05) is 36.4 Å². The van der Waals surface area contributed by atoms with Crippen LogP contribution in [-0.2, 0) is 23.9 Å². The van der Waals surface area contributed by atoms with Gasteiger partial charge in [0.2, 0.25) is 24.0 Å². The predicted molar refractivity (Wildman–Crippen MR) is 133 cm³/mol. The van der Waals surface area contributed by atoms with Crippen LogP contribution in [0.5, 0.6) is 0 Å². The second-order valence-electron chi connectivity index (χ2n) is 9.45. The molecule has 0 radical (unpaired) electrons. The monoisotopic (exact) mass is 504 g/mol. The molecule has 4 heterocycles. The van der Waals surface area contributed by atoms with Crippen molar-refractivity contribution in [2.75, 3.05) is 0 Å². The molecular formula is C27H28N4O6. The zero-order valence-electron chi connectivity index (χ0n) is 20.1. The van der Waals surface area contributed by atoms with E-state index in [1.807, 2.05) is 42.5 Å². The summed E-state index contributed by atoms with van der Waals surface area (Å²) in [6, 6.07) is 6.97. The van der Waals surface area contributed by atoms with Gasteiger partial charge in [0.1, 0.15) is 18.1 Å². The lowest BCUT2D eigenvalue weighted by Gasteiger charge is -2.34. The SMILES string of the molecule is O=C(C=Cc1nccc2ccccc12)NC1CC=CCC2CCC(C(=O)NC3CC(=O)OC3O)N2C1=O. The molecule has 3 amide bonds. The molecule has 5 atom stereocenters. The van der Waals surface area contributed by atoms with E-state index in [0.29, 0.717) is 31.4 Å². The molecule has 0 bridgehead atoms. The van der Waals surface area contributed by atoms with Crippen LogP contribution in [0.15, 0.2) is 54.8 Å². The molecule has 0 aliphatic carbocycles. The first-order valence-corrected chi connectivity index (χ1v) is 12.4. The van der Waals surface area contributed by atoms with Crippen LogP contribution in [0, 0.1) is 0 Å². The molecule has 3 N–H and O–H groups in total. The molecule has 0 saturated carbocycles. The number of esters is 1. The largest absolute Gasteiger partial charge is 0.434 e. The van der Waals surface area contributed by atoms with E-state index in [-0.39, 0.29) is 18.4 Å². The second kappa shape index (κ2) is 10.5. The van der Waals surface area contributed by atoms with Crippen LogP contribution in [0.3, 0.4) is 0 Å². The smallest absolute Gasteiger partial charge is 0.310 e. The molecule has 10 nitrogen and oxygen atoms in total. The third-order valence-corrected chi connectivity index (χ3v) is 7.03. The number of carbonyl (C=O) groups excluding carboxylic acids is 4. The molecule has 192 valence electrons. The Labute approximate surface area is 213 Å². The van der Waals surface area contributed by atoms with Gasteiger partial charge in [-0.3, -0.25) is 24.2 Å². The summed E-state index contributed by atoms with van der Waals surface area (Å²) in [6.07, 6.45) is 8.93. The van der Waals surface area contributed by atoms with Crippen LogP contribution in [0.2, 0.25) is 0 Å². The Morgan fingerprint density at radius 2 is 1.89 bits per heavy atom. The standard InChI is InChI=1S/C27H28N4O6/c32-23(12-10-19-18-7-3-1-5-16(18)13-14-28-19)29-20-8-4-2-6-17-9-11-22(31(17)26(20)35)25(34)30-21-15-24(33)37-27(21)36/h1-5,7,10,12-14,17,20-22,27,36H,6,8-9,11,15H2,(H,29,32)(H,30,34). The number of hydrogen-bond donors (Lipinski definition) is 3. The first-order valence-electron chi connectivity index (χ1n) is 12.4. The van der Waals surface area contributed by atoms with Crippen molar-refractivity contribution in [1.29, 1.82) is 0 Å². The van der Waals surface area contributed by atoms with E-state index in [9.17, 15) is 24.3 Å². The Kier molecular flexibility index (Phi) is 7.00. The second-order valence-corrected chi connectivity index (χ2v) is 9.45. The summed E-state index contributed by atoms with van der Waals surface area (Å²) in [4.78, 5) is 56.7. The van der Waals surface area contributed by atoms with E-state index in [0.717, 1.165) is 10.8 Å². The molecule has 37 heavy (non-hydrogen) atoms. The fraction of sp³-hybridized carbons (Fsp3) is 0.370. The maximum atomic E-state index is 13.6. The van der Waals surface area contributed by atoms with E-state index >= 15 is 0 Å². The average Bonchev–Trinajstić information content (AvgIpc) is 3.44. The van der Waals surface area contributed by atoms with Crippen LogP contribution in [0.1, 0.15) is 37.8 Å². The Balaban J connectivity index is 1.29. The lowest BCUT2D eigenvalue weighted by molar-refractivity contribution is -0.155. The van der Waals surface area contributed by atoms with Crippen molar-refractivity contribution in [2.24, 2.45) is 0 Å². The van der Waals surface area contributed by atoms with E-state index in [1.54, 1.807) is 17.2 Å². The number of aromatic nitrogens is 1. The number of cyclic esters (lactones) is 1. The summed E-state index contributed by atoms with van der Waals surface area (Å²) >= 11 is 0. The lowest BCUT2D eigenvalue weighted by atomic mass is 10.0. The number of pyridine rings is 1. The van der Waals surface area contributed by atoms with Crippen molar-refractivity contribution in [3.8, 4) is 0 Å². The molecule has 0 spiro atoms. The van der Waals surface area contributed by atoms with Gasteiger partial charge in [0.25, 0.3) is 0 Å². The number of rotatable bonds is 5. The molecule has 2 saturated heterocycles. The lowest BCUT2D eigenvalue weighted by Crippen LogP contribution is -2.57. The Hall–Kier alpha value is -4.05. The van der Waals surface area contributed by atoms with E-state index < -0.39 is 42.2 Å². The molecule has 5 rings (SSSR count). The zero-order valence-corrected chi connectivity index (χ0v) is 20.1. The fourth-order valence-electron chi connectivity index (χ4n) is 5.19. The molecule has 5 unspecified atom stereocenters. The summed E-state index contributed by atoms with van der Waals surface area (Å²) in [6.45, 7) is 0. The number of amides is 3. The molecule has 2 aromatic rings. The van der Waals surface area contributed by atoms with Crippen molar-refractivity contribution in [3.63, 3.8) is 0 Å². The van der Waals surface area contributed by atoms with Crippen molar-refractivity contribution < 1.29 is 29.0 Å². The van der Waals surface area contributed by atoms with Gasteiger partial charge in [0, 0.05) is 23.7 Å². The van der Waals surface area contributed by atoms with E-state index in [1.165, 1.54) is 6.08 Å². The van der Waals surface area contributed by atoms with Gasteiger partial charge in [-0.2, -0.15) is 0 Å². The number of ether oxygens (including phenoxy) is 1. The summed E-state index contributed by atoms with van der Waals surface area (Å²) in [5.74, 6) is -1.82. The van der Waals surface area contributed by atoms with E-state index in [2.05, 4.69) is 15.6 Å². The van der Waals surface area contributed by atoms with Crippen molar-refractivity contribution >= 4 is 40.5 Å². The highest BCUT2D eigenvalue weighted by Crippen LogP contribution is 2.30. The number of fused-ring (bicyclic) bond motifs is 2. The van der Waals surface area contributed by atoms with Crippen LogP contribution in [-0.4, -0.2) is 69.1 Å². The molecule has 2 fully saturated rings. The highest BCUT2D eigenvalue weighted by Gasteiger charge is 2.45. The normalized spacial score (nSPS) is 27.6. The van der Waals surface area contributed by atoms with Crippen LogP contribution >= 0.6 is 0 Å². The summed E-state index contributed by atoms with van der Waals surface area (Å²) in [7, 11) is 0. The number of hydrogen-bond acceptors (Lipinski definition) is 7. The van der Waals surface area contributed by atoms with Crippen molar-refractivity contribution in [2.45, 2.75) is 62.6 Å². The van der Waals surface area contributed by atoms with Crippen LogP contribution < -0.4 is 10.6 Å². The number of nitrogens with one attached hydrogen (secondary N) is 2. The van der Waals surface area contributed by atoms with E-state index in [4.69, 9.17) is 4.74 Å². The number of nitrogens with zero attached hydrogens (tertiary/aromatic N) is 2. The van der Waals surface area contributed by atoms with Gasteiger partial charge in [-0.05, 0) is 43.2 Å². The maximum Gasteiger partial charge on any atom is 0.310 e. The molecular weight excluding hydrogens is 476 g/mol. The Morgan fingerprint density at radius 3 is 2.70 bits per heavy atom. The minimum Gasteiger partial charge on any atom is -0.434 e. The van der Waals surface area contributed by atoms with Gasteiger partial charge in [-0.15, -0.1) is 0 Å². The quantitative estimate of drug-likeness (QED) is 0.316. The minimum absolute atomic E-state index is 0.129. The van der Waals surface area contributed by atoms with Gasteiger partial charge in [0.15, 0.2) is 0 Å². The zero-order chi connectivity index (χ0) is 25.9. The fourth-order valence-corrected chi connectivity index (χ4v) is 5.19. The van der Waals surface area contributed by atoms with Crippen molar-refractivity contribution in [1.82, 2.24) is 20.5 Å². The van der Waals surface area contributed by atoms with Crippen LogP contribution in [0.25, 0.3) is 16.8 Å². The van der Waals surface area contributed by atoms with Gasteiger partial charge in [0.05, 0.1) is 12.1 Å². The topological polar surface area (TPSA) is 138 Å². The predicted octanol–water partition coefficient (Wildman–Crippen LogP) is 1.19. The molecule has 1 aromatic carbocycles. The summed E-state index contributed by atoms with van der Waals surface area (Å²) < 4.78 is 4.69. The molecule has 3 aliphatic heterocycles. The Morgan fingerprint density at radius 1 is 1.08 bits per heavy atom. The molecule has 10 heteroatoms. The van der Waals surface area contributed by atoms with Crippen LogP contribution in [0.4, 0.5) is 0 Å². The molecule has 1 aromatic heterocycles. The third-order valence-electron chi connectivity index (χ3n) is 7.03. The minimum atomic E-state index is -1.41. The third kappa shape index (κ3) is 5.24. The van der Waals surface area contributed by atoms with Gasteiger partial charge < -0.3 is 25.4 Å². The van der Waals surface area contributed by atoms with Crippen molar-refractivity contribution in [3.05, 3.63) is 60.5 Å². The van der Waals surface area contributed by atoms with Gasteiger partial charge in [-0.25, -0.2) is 0 Å².